The average Bonchev–Trinajstić information content (AvgIpc) is 2.97. The summed E-state index contributed by atoms with van der Waals surface area (Å²) in [4.78, 5) is 43.8. The van der Waals surface area contributed by atoms with Crippen LogP contribution in [0.1, 0.15) is 50.5 Å². The molecule has 1 saturated heterocycles. The summed E-state index contributed by atoms with van der Waals surface area (Å²) >= 11 is 3.41. The first kappa shape index (κ1) is 25.0. The Morgan fingerprint density at radius 2 is 1.69 bits per heavy atom. The van der Waals surface area contributed by atoms with Crippen LogP contribution >= 0.6 is 15.9 Å². The Bertz CT molecular complexity index is 1200. The standard InChI is InChI=1S/C26H31BrN4O4/c1-25(2,3)35-24(34)30-13-11-29(12-14-30)16-9-10-17-20(15-16)31(23(33)26(17,4)5)19-8-6-7-18(27)21(19)22(28)32/h6-10,15H,11-14H2,1-5H3,(H2,28,32). The van der Waals surface area contributed by atoms with E-state index in [0.717, 1.165) is 16.9 Å². The predicted molar refractivity (Wildman–Crippen MR) is 139 cm³/mol. The molecule has 186 valence electrons. The summed E-state index contributed by atoms with van der Waals surface area (Å²) in [5, 5.41) is 0. The fourth-order valence-electron chi connectivity index (χ4n) is 4.59. The van der Waals surface area contributed by atoms with E-state index in [1.165, 1.54) is 0 Å². The lowest BCUT2D eigenvalue weighted by Gasteiger charge is -2.37. The highest BCUT2D eigenvalue weighted by Gasteiger charge is 2.46. The van der Waals surface area contributed by atoms with E-state index in [2.05, 4.69) is 20.8 Å². The van der Waals surface area contributed by atoms with Crippen molar-refractivity contribution >= 4 is 50.9 Å². The van der Waals surface area contributed by atoms with Crippen molar-refractivity contribution in [3.63, 3.8) is 0 Å². The normalized spacial score (nSPS) is 17.4. The predicted octanol–water partition coefficient (Wildman–Crippen LogP) is 4.56. The van der Waals surface area contributed by atoms with Crippen LogP contribution in [-0.4, -0.2) is 54.6 Å². The van der Waals surface area contributed by atoms with E-state index in [1.807, 2.05) is 52.8 Å². The molecule has 2 heterocycles. The molecular formula is C26H31BrN4O4. The molecule has 2 N–H and O–H groups in total. The number of fused-ring (bicyclic) bond motifs is 1. The van der Waals surface area contributed by atoms with Gasteiger partial charge in [0.1, 0.15) is 5.60 Å². The van der Waals surface area contributed by atoms with Gasteiger partial charge in [-0.15, -0.1) is 0 Å². The van der Waals surface area contributed by atoms with Gasteiger partial charge in [-0.1, -0.05) is 12.1 Å². The van der Waals surface area contributed by atoms with Crippen LogP contribution in [0, 0.1) is 0 Å². The van der Waals surface area contributed by atoms with Gasteiger partial charge in [0.15, 0.2) is 0 Å². The number of primary amides is 1. The lowest BCUT2D eigenvalue weighted by Crippen LogP contribution is -2.50. The number of ether oxygens (including phenoxy) is 1. The van der Waals surface area contributed by atoms with E-state index in [-0.39, 0.29) is 17.6 Å². The molecule has 0 saturated carbocycles. The van der Waals surface area contributed by atoms with E-state index < -0.39 is 16.9 Å². The molecule has 2 aliphatic heterocycles. The quantitative estimate of drug-likeness (QED) is 0.613. The third-order valence-electron chi connectivity index (χ3n) is 6.41. The summed E-state index contributed by atoms with van der Waals surface area (Å²) in [5.41, 5.74) is 7.66. The van der Waals surface area contributed by atoms with E-state index >= 15 is 0 Å². The molecule has 0 atom stereocenters. The van der Waals surface area contributed by atoms with Crippen molar-refractivity contribution in [2.24, 2.45) is 5.73 Å². The summed E-state index contributed by atoms with van der Waals surface area (Å²) in [5.74, 6) is -0.735. The van der Waals surface area contributed by atoms with Gasteiger partial charge in [-0.3, -0.25) is 14.5 Å². The first-order valence-electron chi connectivity index (χ1n) is 11.6. The van der Waals surface area contributed by atoms with Gasteiger partial charge in [-0.2, -0.15) is 0 Å². The number of rotatable bonds is 3. The van der Waals surface area contributed by atoms with Crippen molar-refractivity contribution in [1.29, 1.82) is 0 Å². The molecular weight excluding hydrogens is 512 g/mol. The second-order valence-electron chi connectivity index (χ2n) is 10.4. The molecule has 0 aliphatic carbocycles. The molecule has 4 rings (SSSR count). The molecule has 0 aromatic heterocycles. The Kier molecular flexibility index (Phi) is 6.34. The van der Waals surface area contributed by atoms with Crippen molar-refractivity contribution in [3.05, 3.63) is 52.0 Å². The molecule has 9 heteroatoms. The average molecular weight is 543 g/mol. The maximum atomic E-state index is 13.6. The molecule has 2 aromatic rings. The van der Waals surface area contributed by atoms with Crippen molar-refractivity contribution in [1.82, 2.24) is 4.90 Å². The van der Waals surface area contributed by atoms with Crippen LogP contribution in [0.4, 0.5) is 21.9 Å². The van der Waals surface area contributed by atoms with Crippen LogP contribution in [0.15, 0.2) is 40.9 Å². The first-order chi connectivity index (χ1) is 16.3. The van der Waals surface area contributed by atoms with E-state index in [9.17, 15) is 14.4 Å². The molecule has 35 heavy (non-hydrogen) atoms. The number of halogens is 1. The Hall–Kier alpha value is -3.07. The van der Waals surface area contributed by atoms with Gasteiger partial charge >= 0.3 is 6.09 Å². The van der Waals surface area contributed by atoms with Crippen LogP contribution < -0.4 is 15.5 Å². The number of carbonyl (C=O) groups excluding carboxylic acids is 3. The molecule has 2 aliphatic rings. The minimum Gasteiger partial charge on any atom is -0.444 e. The summed E-state index contributed by atoms with van der Waals surface area (Å²) < 4.78 is 6.04. The number of hydrogen-bond acceptors (Lipinski definition) is 5. The van der Waals surface area contributed by atoms with Gasteiger partial charge in [0.2, 0.25) is 5.91 Å². The zero-order chi connectivity index (χ0) is 25.7. The van der Waals surface area contributed by atoms with Crippen LogP contribution in [0.25, 0.3) is 0 Å². The number of anilines is 3. The number of carbonyl (C=O) groups is 3. The highest BCUT2D eigenvalue weighted by atomic mass is 79.9. The van der Waals surface area contributed by atoms with Crippen molar-refractivity contribution in [3.8, 4) is 0 Å². The van der Waals surface area contributed by atoms with Gasteiger partial charge in [0.25, 0.3) is 5.91 Å². The maximum Gasteiger partial charge on any atom is 0.410 e. The topological polar surface area (TPSA) is 96.2 Å². The highest BCUT2D eigenvalue weighted by Crippen LogP contribution is 2.48. The second-order valence-corrected chi connectivity index (χ2v) is 11.3. The summed E-state index contributed by atoms with van der Waals surface area (Å²) in [7, 11) is 0. The molecule has 2 aromatic carbocycles. The fraction of sp³-hybridized carbons (Fsp3) is 0.423. The molecule has 1 fully saturated rings. The Balaban J connectivity index is 1.65. The van der Waals surface area contributed by atoms with Gasteiger partial charge in [-0.05, 0) is 80.4 Å². The van der Waals surface area contributed by atoms with Gasteiger partial charge in [0, 0.05) is 36.3 Å². The molecule has 0 bridgehead atoms. The third kappa shape index (κ3) is 4.61. The van der Waals surface area contributed by atoms with Crippen LogP contribution in [0.5, 0.6) is 0 Å². The molecule has 0 spiro atoms. The minimum absolute atomic E-state index is 0.125. The first-order valence-corrected chi connectivity index (χ1v) is 12.4. The van der Waals surface area contributed by atoms with E-state index in [4.69, 9.17) is 10.5 Å². The van der Waals surface area contributed by atoms with E-state index in [0.29, 0.717) is 36.3 Å². The number of hydrogen-bond donors (Lipinski definition) is 1. The zero-order valence-corrected chi connectivity index (χ0v) is 22.3. The van der Waals surface area contributed by atoms with Gasteiger partial charge in [-0.25, -0.2) is 4.79 Å². The van der Waals surface area contributed by atoms with Gasteiger partial charge < -0.3 is 20.3 Å². The smallest absolute Gasteiger partial charge is 0.410 e. The van der Waals surface area contributed by atoms with E-state index in [1.54, 1.807) is 28.0 Å². The number of nitrogens with two attached hydrogens (primary N) is 1. The monoisotopic (exact) mass is 542 g/mol. The summed E-state index contributed by atoms with van der Waals surface area (Å²) in [6, 6.07) is 11.2. The van der Waals surface area contributed by atoms with Crippen molar-refractivity contribution < 1.29 is 19.1 Å². The Morgan fingerprint density at radius 1 is 1.03 bits per heavy atom. The lowest BCUT2D eigenvalue weighted by molar-refractivity contribution is -0.121. The minimum atomic E-state index is -0.763. The maximum absolute atomic E-state index is 13.6. The molecule has 0 unspecified atom stereocenters. The molecule has 0 radical (unpaired) electrons. The number of amides is 3. The van der Waals surface area contributed by atoms with Crippen LogP contribution in [0.2, 0.25) is 0 Å². The summed E-state index contributed by atoms with van der Waals surface area (Å²) in [6.45, 7) is 11.7. The largest absolute Gasteiger partial charge is 0.444 e. The highest BCUT2D eigenvalue weighted by molar-refractivity contribution is 9.10. The van der Waals surface area contributed by atoms with Crippen molar-refractivity contribution in [2.75, 3.05) is 36.0 Å². The Morgan fingerprint density at radius 3 is 2.29 bits per heavy atom. The lowest BCUT2D eigenvalue weighted by atomic mass is 9.86. The van der Waals surface area contributed by atoms with Crippen LogP contribution in [0.3, 0.4) is 0 Å². The SMILES string of the molecule is CC(C)(C)OC(=O)N1CCN(c2ccc3c(c2)N(c2cccc(Br)c2C(N)=O)C(=O)C3(C)C)CC1. The fourth-order valence-corrected chi connectivity index (χ4v) is 5.14. The number of piperazine rings is 1. The second kappa shape index (κ2) is 8.86. The molecule has 8 nitrogen and oxygen atoms in total. The molecule has 3 amide bonds. The summed E-state index contributed by atoms with van der Waals surface area (Å²) in [6.07, 6.45) is -0.307. The van der Waals surface area contributed by atoms with Crippen LogP contribution in [-0.2, 0) is 14.9 Å². The third-order valence-corrected chi connectivity index (χ3v) is 7.07. The number of nitrogens with zero attached hydrogens (tertiary/aromatic N) is 3. The Labute approximate surface area is 214 Å². The van der Waals surface area contributed by atoms with Crippen molar-refractivity contribution in [2.45, 2.75) is 45.6 Å². The zero-order valence-electron chi connectivity index (χ0n) is 20.7. The van der Waals surface area contributed by atoms with Gasteiger partial charge in [0.05, 0.1) is 22.4 Å². The number of benzene rings is 2.